The Bertz CT molecular complexity index is 461. The second kappa shape index (κ2) is 9.19. The number of hydrogen-bond donors (Lipinski definition) is 7. The van der Waals surface area contributed by atoms with Gasteiger partial charge in [-0.25, -0.2) is 18.3 Å². The van der Waals surface area contributed by atoms with E-state index in [1.807, 2.05) is 0 Å². The quantitative estimate of drug-likeness (QED) is 0.206. The van der Waals surface area contributed by atoms with Crippen LogP contribution in [-0.4, -0.2) is 46.7 Å². The Kier molecular flexibility index (Phi) is 10.5. The molecule has 0 aliphatic carbocycles. The van der Waals surface area contributed by atoms with E-state index in [2.05, 4.69) is 13.1 Å². The third-order valence-electron chi connectivity index (χ3n) is 0.754. The van der Waals surface area contributed by atoms with Gasteiger partial charge in [0.05, 0.1) is 6.61 Å². The minimum Gasteiger partial charge on any atom is -0.302 e. The van der Waals surface area contributed by atoms with Crippen molar-refractivity contribution < 1.29 is 65.7 Å². The third kappa shape index (κ3) is 23.2. The Morgan fingerprint density at radius 3 is 1.24 bits per heavy atom. The van der Waals surface area contributed by atoms with Crippen LogP contribution in [0.5, 0.6) is 0 Å². The van der Waals surface area contributed by atoms with Gasteiger partial charge in [0.15, 0.2) is 0 Å². The molecule has 0 bridgehead atoms. The predicted molar refractivity (Wildman–Crippen MR) is 64.8 cm³/mol. The van der Waals surface area contributed by atoms with Crippen molar-refractivity contribution in [3.8, 4) is 0 Å². The van der Waals surface area contributed by atoms with E-state index >= 15 is 0 Å². The Morgan fingerprint density at radius 1 is 0.714 bits per heavy atom. The van der Waals surface area contributed by atoms with Crippen LogP contribution in [0.1, 0.15) is 0 Å². The highest BCUT2D eigenvalue weighted by Gasteiger charge is 2.31. The van der Waals surface area contributed by atoms with E-state index < -0.39 is 31.3 Å². The average Bonchev–Trinajstić information content (AvgIpc) is 2.05. The molecule has 1 atom stereocenters. The van der Waals surface area contributed by atoms with Crippen molar-refractivity contribution >= 4 is 42.9 Å². The molecule has 0 amide bonds. The third-order valence-corrected chi connectivity index (χ3v) is 4.80. The van der Waals surface area contributed by atoms with Crippen molar-refractivity contribution in [3.63, 3.8) is 0 Å². The van der Waals surface area contributed by atoms with Gasteiger partial charge in [0.2, 0.25) is 0 Å². The normalized spacial score (nSPS) is 15.8. The Morgan fingerprint density at radius 2 is 1.05 bits per heavy atom. The van der Waals surface area contributed by atoms with Gasteiger partial charge in [0.1, 0.15) is 0 Å². The highest BCUT2D eigenvalue weighted by molar-refractivity contribution is 7.60. The van der Waals surface area contributed by atoms with E-state index in [1.54, 1.807) is 0 Å². The number of phosphoric ester groups is 1. The molecule has 0 aromatic heterocycles. The van der Waals surface area contributed by atoms with Crippen molar-refractivity contribution in [2.75, 3.05) is 12.5 Å². The highest BCUT2D eigenvalue weighted by Crippen LogP contribution is 2.57. The van der Waals surface area contributed by atoms with Gasteiger partial charge < -0.3 is 34.3 Å². The first-order valence-corrected chi connectivity index (χ1v) is 10.7. The number of phosphoric acid groups is 4. The summed E-state index contributed by atoms with van der Waals surface area (Å²) in [5, 5.41) is 0. The zero-order valence-electron chi connectivity index (χ0n) is 9.57. The minimum absolute atomic E-state index is 0.0882. The molecule has 0 saturated carbocycles. The Hall–Kier alpha value is 0.810. The second-order valence-electron chi connectivity index (χ2n) is 2.63. The van der Waals surface area contributed by atoms with Crippen molar-refractivity contribution in [2.45, 2.75) is 0 Å². The highest BCUT2D eigenvalue weighted by atomic mass is 35.5. The first-order chi connectivity index (χ1) is 8.97. The Balaban J connectivity index is 0. The molecule has 0 aromatic carbocycles. The van der Waals surface area contributed by atoms with Gasteiger partial charge >= 0.3 is 31.3 Å². The second-order valence-corrected chi connectivity index (χ2v) is 8.45. The maximum Gasteiger partial charge on any atom is 0.481 e. The molecular weight excluding hydrogens is 407 g/mol. The van der Waals surface area contributed by atoms with Gasteiger partial charge in [-0.05, 0) is 0 Å². The fourth-order valence-electron chi connectivity index (χ4n) is 0.446. The standard InChI is InChI=1S/C2H7ClO7P2.H4O7P2/c3-1-2-9-12(7,8)10-11(4,5)6;1-8(2,3)7-9(4,5)6/h1-2H2,(H,7,8)(H2,4,5,6);(H2,1,2,3)(H2,4,5,6). The summed E-state index contributed by atoms with van der Waals surface area (Å²) in [6, 6.07) is 0. The molecule has 0 aromatic rings. The molecule has 14 nitrogen and oxygen atoms in total. The molecule has 0 fully saturated rings. The lowest BCUT2D eigenvalue weighted by Crippen LogP contribution is -1.96. The molecule has 0 heterocycles. The molecule has 0 rings (SSSR count). The van der Waals surface area contributed by atoms with Crippen LogP contribution in [0.15, 0.2) is 0 Å². The van der Waals surface area contributed by atoms with E-state index in [0.717, 1.165) is 0 Å². The first-order valence-electron chi connectivity index (χ1n) is 4.10. The van der Waals surface area contributed by atoms with Crippen LogP contribution in [0.4, 0.5) is 0 Å². The van der Waals surface area contributed by atoms with Gasteiger partial charge in [-0.2, -0.15) is 8.62 Å². The number of halogens is 1. The molecule has 19 heteroatoms. The van der Waals surface area contributed by atoms with Crippen LogP contribution >= 0.6 is 42.9 Å². The molecule has 0 saturated heterocycles. The molecule has 0 aliphatic rings. The molecule has 1 unspecified atom stereocenters. The van der Waals surface area contributed by atoms with Crippen LogP contribution in [0, 0.1) is 0 Å². The van der Waals surface area contributed by atoms with Crippen molar-refractivity contribution in [1.29, 1.82) is 0 Å². The molecule has 7 N–H and O–H groups in total. The summed E-state index contributed by atoms with van der Waals surface area (Å²) >= 11 is 5.07. The van der Waals surface area contributed by atoms with E-state index in [1.165, 1.54) is 0 Å². The predicted octanol–water partition coefficient (Wildman–Crippen LogP) is -0.360. The van der Waals surface area contributed by atoms with Crippen LogP contribution in [0.3, 0.4) is 0 Å². The summed E-state index contributed by atoms with van der Waals surface area (Å²) in [7, 11) is -19.8. The maximum absolute atomic E-state index is 10.5. The van der Waals surface area contributed by atoms with Crippen LogP contribution in [0.25, 0.3) is 0 Å². The lowest BCUT2D eigenvalue weighted by Gasteiger charge is -2.10. The summed E-state index contributed by atoms with van der Waals surface area (Å²) in [5.74, 6) is -0.0882. The molecule has 0 spiro atoms. The van der Waals surface area contributed by atoms with E-state index in [9.17, 15) is 18.3 Å². The number of rotatable bonds is 7. The van der Waals surface area contributed by atoms with Crippen molar-refractivity contribution in [1.82, 2.24) is 0 Å². The van der Waals surface area contributed by atoms with Crippen LogP contribution in [0.2, 0.25) is 0 Å². The monoisotopic (exact) mass is 418 g/mol. The molecule has 21 heavy (non-hydrogen) atoms. The lowest BCUT2D eigenvalue weighted by atomic mass is 10.9. The van der Waals surface area contributed by atoms with Crippen LogP contribution < -0.4 is 0 Å². The molecule has 0 aliphatic heterocycles. The smallest absolute Gasteiger partial charge is 0.302 e. The van der Waals surface area contributed by atoms with Crippen molar-refractivity contribution in [2.24, 2.45) is 0 Å². The average molecular weight is 418 g/mol. The SMILES string of the molecule is O=P(O)(O)OP(=O)(O)O.O=P(O)(O)OP(=O)(O)OCCCl. The molecular formula is C2H11ClO14P4. The van der Waals surface area contributed by atoms with Gasteiger partial charge in [-0.3, -0.25) is 4.52 Å². The summed E-state index contributed by atoms with van der Waals surface area (Å²) in [6.07, 6.45) is 0. The largest absolute Gasteiger partial charge is 0.481 e. The van der Waals surface area contributed by atoms with E-state index in [0.29, 0.717) is 0 Å². The minimum atomic E-state index is -5.05. The lowest BCUT2D eigenvalue weighted by molar-refractivity contribution is 0.185. The topological polar surface area (TPSA) is 238 Å². The maximum atomic E-state index is 10.5. The van der Waals surface area contributed by atoms with Crippen LogP contribution in [-0.2, 0) is 31.4 Å². The van der Waals surface area contributed by atoms with E-state index in [4.69, 9.17) is 45.9 Å². The zero-order valence-corrected chi connectivity index (χ0v) is 13.9. The summed E-state index contributed by atoms with van der Waals surface area (Å²) < 4.78 is 50.2. The van der Waals surface area contributed by atoms with E-state index in [-0.39, 0.29) is 12.5 Å². The number of hydrogen-bond acceptors (Lipinski definition) is 7. The van der Waals surface area contributed by atoms with Gasteiger partial charge in [0.25, 0.3) is 0 Å². The first kappa shape index (κ1) is 24.1. The van der Waals surface area contributed by atoms with Gasteiger partial charge in [-0.1, -0.05) is 0 Å². The number of alkyl halides is 1. The summed E-state index contributed by atoms with van der Waals surface area (Å²) in [6.45, 7) is -0.338. The van der Waals surface area contributed by atoms with Gasteiger partial charge in [-0.15, -0.1) is 11.6 Å². The zero-order chi connectivity index (χ0) is 17.5. The molecule has 0 radical (unpaired) electrons. The fraction of sp³-hybridized carbons (Fsp3) is 1.00. The Labute approximate surface area is 122 Å². The van der Waals surface area contributed by atoms with Gasteiger partial charge in [0, 0.05) is 5.88 Å². The van der Waals surface area contributed by atoms with Crippen molar-refractivity contribution in [3.05, 3.63) is 0 Å². The molecule has 130 valence electrons. The summed E-state index contributed by atoms with van der Waals surface area (Å²) in [4.78, 5) is 55.7. The summed E-state index contributed by atoms with van der Waals surface area (Å²) in [5.41, 5.74) is 0. The fourth-order valence-corrected chi connectivity index (χ4v) is 3.33.